The zero-order valence-corrected chi connectivity index (χ0v) is 18.1. The van der Waals surface area contributed by atoms with Crippen molar-refractivity contribution in [3.63, 3.8) is 0 Å². The maximum absolute atomic E-state index is 13.0. The number of carbonyl (C=O) groups excluding carboxylic acids is 1. The lowest BCUT2D eigenvalue weighted by Gasteiger charge is -2.31. The molecule has 2 aromatic rings. The normalized spacial score (nSPS) is 13.6. The number of nitrogens with zero attached hydrogens (tertiary/aromatic N) is 1. The highest BCUT2D eigenvalue weighted by Gasteiger charge is 2.32. The molecule has 0 aliphatic heterocycles. The summed E-state index contributed by atoms with van der Waals surface area (Å²) in [6.07, 6.45) is 2.46. The monoisotopic (exact) mass is 402 g/mol. The molecule has 5 nitrogen and oxygen atoms in total. The van der Waals surface area contributed by atoms with Crippen molar-refractivity contribution in [3.05, 3.63) is 65.2 Å². The lowest BCUT2D eigenvalue weighted by Crippen LogP contribution is -2.49. The van der Waals surface area contributed by atoms with Crippen molar-refractivity contribution in [1.82, 2.24) is 5.32 Å². The van der Waals surface area contributed by atoms with E-state index in [4.69, 9.17) is 0 Å². The van der Waals surface area contributed by atoms with Gasteiger partial charge in [0.05, 0.1) is 18.0 Å². The first-order valence-electron chi connectivity index (χ1n) is 9.62. The molecule has 0 radical (unpaired) electrons. The molecular weight excluding hydrogens is 372 g/mol. The fraction of sp³-hybridized carbons (Fsp3) is 0.409. The molecule has 0 aliphatic carbocycles. The van der Waals surface area contributed by atoms with Crippen LogP contribution in [0.15, 0.2) is 48.5 Å². The van der Waals surface area contributed by atoms with Gasteiger partial charge in [-0.05, 0) is 55.5 Å². The Balaban J connectivity index is 2.28. The zero-order chi connectivity index (χ0) is 20.9. The molecule has 1 amide bonds. The first-order chi connectivity index (χ1) is 13.2. The lowest BCUT2D eigenvalue weighted by molar-refractivity contribution is -0.122. The van der Waals surface area contributed by atoms with E-state index in [1.807, 2.05) is 51.1 Å². The minimum atomic E-state index is -3.63. The molecule has 0 saturated heterocycles. The van der Waals surface area contributed by atoms with Gasteiger partial charge in [-0.1, -0.05) is 50.2 Å². The molecule has 0 saturated carbocycles. The van der Waals surface area contributed by atoms with E-state index in [2.05, 4.69) is 12.2 Å². The van der Waals surface area contributed by atoms with Crippen LogP contribution in [0.25, 0.3) is 0 Å². The molecular formula is C22H30N2O3S. The zero-order valence-electron chi connectivity index (χ0n) is 17.3. The average molecular weight is 403 g/mol. The third kappa shape index (κ3) is 5.35. The topological polar surface area (TPSA) is 66.5 Å². The molecule has 2 atom stereocenters. The quantitative estimate of drug-likeness (QED) is 0.726. The van der Waals surface area contributed by atoms with Crippen LogP contribution in [0.5, 0.6) is 0 Å². The van der Waals surface area contributed by atoms with Crippen LogP contribution in [0.3, 0.4) is 0 Å². The van der Waals surface area contributed by atoms with Gasteiger partial charge in [-0.25, -0.2) is 8.42 Å². The number of hydrogen-bond acceptors (Lipinski definition) is 3. The molecule has 1 N–H and O–H groups in total. The molecule has 6 heteroatoms. The maximum Gasteiger partial charge on any atom is 0.244 e. The van der Waals surface area contributed by atoms with Crippen LogP contribution in [-0.2, 0) is 21.2 Å². The molecule has 28 heavy (non-hydrogen) atoms. The van der Waals surface area contributed by atoms with Gasteiger partial charge < -0.3 is 5.32 Å². The lowest BCUT2D eigenvalue weighted by atomic mass is 10.0. The predicted molar refractivity (Wildman–Crippen MR) is 115 cm³/mol. The van der Waals surface area contributed by atoms with E-state index in [1.165, 1.54) is 9.87 Å². The summed E-state index contributed by atoms with van der Waals surface area (Å²) in [5, 5.41) is 2.98. The number of aryl methyl sites for hydroxylation is 2. The van der Waals surface area contributed by atoms with E-state index in [-0.39, 0.29) is 11.9 Å². The van der Waals surface area contributed by atoms with Crippen LogP contribution in [0.4, 0.5) is 5.69 Å². The first kappa shape index (κ1) is 22.0. The molecule has 0 aromatic heterocycles. The van der Waals surface area contributed by atoms with E-state index in [0.717, 1.165) is 23.8 Å². The van der Waals surface area contributed by atoms with E-state index < -0.39 is 16.1 Å². The molecule has 0 aliphatic rings. The van der Waals surface area contributed by atoms with Crippen LogP contribution < -0.4 is 9.62 Å². The Morgan fingerprint density at radius 1 is 1.11 bits per heavy atom. The summed E-state index contributed by atoms with van der Waals surface area (Å²) in [6.45, 7) is 7.71. The van der Waals surface area contributed by atoms with Crippen molar-refractivity contribution in [2.45, 2.75) is 52.6 Å². The molecule has 0 bridgehead atoms. The molecule has 0 spiro atoms. The van der Waals surface area contributed by atoms with Crippen molar-refractivity contribution in [3.8, 4) is 0 Å². The minimum Gasteiger partial charge on any atom is -0.348 e. The summed E-state index contributed by atoms with van der Waals surface area (Å²) >= 11 is 0. The van der Waals surface area contributed by atoms with Crippen molar-refractivity contribution < 1.29 is 13.2 Å². The van der Waals surface area contributed by atoms with Gasteiger partial charge >= 0.3 is 0 Å². The van der Waals surface area contributed by atoms with E-state index in [9.17, 15) is 13.2 Å². The summed E-state index contributed by atoms with van der Waals surface area (Å²) in [5.74, 6) is -0.304. The third-order valence-electron chi connectivity index (χ3n) is 4.83. The van der Waals surface area contributed by atoms with Crippen LogP contribution in [0.1, 0.15) is 49.9 Å². The SMILES string of the molecule is CCc1ccc(C(C)NC(=O)C(CC)N(c2cccc(C)c2)S(C)(=O)=O)cc1. The summed E-state index contributed by atoms with van der Waals surface area (Å²) in [7, 11) is -3.63. The van der Waals surface area contributed by atoms with Gasteiger partial charge in [0.2, 0.25) is 15.9 Å². The number of benzene rings is 2. The van der Waals surface area contributed by atoms with Crippen LogP contribution in [-0.4, -0.2) is 26.6 Å². The summed E-state index contributed by atoms with van der Waals surface area (Å²) in [6, 6.07) is 14.3. The van der Waals surface area contributed by atoms with Gasteiger partial charge in [0.25, 0.3) is 0 Å². The second-order valence-electron chi connectivity index (χ2n) is 7.15. The Hall–Kier alpha value is -2.34. The fourth-order valence-corrected chi connectivity index (χ4v) is 4.46. The highest BCUT2D eigenvalue weighted by atomic mass is 32.2. The minimum absolute atomic E-state index is 0.216. The van der Waals surface area contributed by atoms with Crippen molar-refractivity contribution in [2.24, 2.45) is 0 Å². The number of amides is 1. The Labute approximate surface area is 168 Å². The number of carbonyl (C=O) groups is 1. The smallest absolute Gasteiger partial charge is 0.244 e. The van der Waals surface area contributed by atoms with Gasteiger partial charge in [-0.15, -0.1) is 0 Å². The van der Waals surface area contributed by atoms with Gasteiger partial charge in [0.1, 0.15) is 6.04 Å². The summed E-state index contributed by atoms with van der Waals surface area (Å²) < 4.78 is 26.3. The molecule has 2 rings (SSSR count). The van der Waals surface area contributed by atoms with Gasteiger partial charge in [0, 0.05) is 0 Å². The van der Waals surface area contributed by atoms with E-state index >= 15 is 0 Å². The highest BCUT2D eigenvalue weighted by Crippen LogP contribution is 2.24. The van der Waals surface area contributed by atoms with Crippen molar-refractivity contribution in [1.29, 1.82) is 0 Å². The Bertz CT molecular complexity index is 908. The van der Waals surface area contributed by atoms with E-state index in [1.54, 1.807) is 18.2 Å². The second-order valence-corrected chi connectivity index (χ2v) is 9.01. The molecule has 152 valence electrons. The predicted octanol–water partition coefficient (Wildman–Crippen LogP) is 3.98. The van der Waals surface area contributed by atoms with Crippen LogP contribution >= 0.6 is 0 Å². The first-order valence-corrected chi connectivity index (χ1v) is 11.5. The van der Waals surface area contributed by atoms with Crippen molar-refractivity contribution in [2.75, 3.05) is 10.6 Å². The van der Waals surface area contributed by atoms with Crippen LogP contribution in [0, 0.1) is 6.92 Å². The number of nitrogens with one attached hydrogen (secondary N) is 1. The molecule has 0 fully saturated rings. The number of sulfonamides is 1. The fourth-order valence-electron chi connectivity index (χ4n) is 3.26. The van der Waals surface area contributed by atoms with E-state index in [0.29, 0.717) is 12.1 Å². The molecule has 2 unspecified atom stereocenters. The molecule has 2 aromatic carbocycles. The van der Waals surface area contributed by atoms with Crippen molar-refractivity contribution >= 4 is 21.6 Å². The average Bonchev–Trinajstić information content (AvgIpc) is 2.64. The largest absolute Gasteiger partial charge is 0.348 e. The summed E-state index contributed by atoms with van der Waals surface area (Å²) in [4.78, 5) is 13.0. The Morgan fingerprint density at radius 3 is 2.25 bits per heavy atom. The van der Waals surface area contributed by atoms with Gasteiger partial charge in [-0.3, -0.25) is 9.10 Å². The third-order valence-corrected chi connectivity index (χ3v) is 6.01. The Morgan fingerprint density at radius 2 is 1.75 bits per heavy atom. The highest BCUT2D eigenvalue weighted by molar-refractivity contribution is 7.92. The second kappa shape index (κ2) is 9.24. The standard InChI is InChI=1S/C22H30N2O3S/c1-6-18-11-13-19(14-12-18)17(4)23-22(25)21(7-2)24(28(5,26)27)20-10-8-9-16(3)15-20/h8-15,17,21H,6-7H2,1-5H3,(H,23,25). The maximum atomic E-state index is 13.0. The van der Waals surface area contributed by atoms with Gasteiger partial charge in [-0.2, -0.15) is 0 Å². The molecule has 0 heterocycles. The number of hydrogen-bond donors (Lipinski definition) is 1. The van der Waals surface area contributed by atoms with Gasteiger partial charge in [0.15, 0.2) is 0 Å². The van der Waals surface area contributed by atoms with Crippen LogP contribution in [0.2, 0.25) is 0 Å². The number of rotatable bonds is 8. The summed E-state index contributed by atoms with van der Waals surface area (Å²) in [5.41, 5.74) is 3.66. The Kier molecular flexibility index (Phi) is 7.24. The number of anilines is 1.